The summed E-state index contributed by atoms with van der Waals surface area (Å²) in [4.78, 5) is 28.6. The number of rotatable bonds is 5. The maximum Gasteiger partial charge on any atom is 0.339 e. The number of amides is 1. The molecule has 3 rings (SSSR count). The molecule has 1 saturated heterocycles. The molecule has 1 fully saturated rings. The molecule has 1 aliphatic rings. The van der Waals surface area contributed by atoms with Crippen molar-refractivity contribution in [3.05, 3.63) is 57.5 Å². The lowest BCUT2D eigenvalue weighted by molar-refractivity contribution is -0.134. The van der Waals surface area contributed by atoms with Crippen LogP contribution in [0.3, 0.4) is 0 Å². The minimum Gasteiger partial charge on any atom is -0.497 e. The smallest absolute Gasteiger partial charge is 0.339 e. The number of halogens is 2. The van der Waals surface area contributed by atoms with Crippen LogP contribution in [0.1, 0.15) is 10.4 Å². The van der Waals surface area contributed by atoms with Crippen LogP contribution in [0, 0.1) is 0 Å². The van der Waals surface area contributed by atoms with Crippen molar-refractivity contribution in [3.63, 3.8) is 0 Å². The van der Waals surface area contributed by atoms with E-state index in [1.54, 1.807) is 23.1 Å². The third-order valence-corrected chi connectivity index (χ3v) is 5.45. The molecule has 1 amide bonds. The molecule has 2 aromatic carbocycles. The minimum absolute atomic E-state index is 0.210. The van der Waals surface area contributed by atoms with Gasteiger partial charge in [0.2, 0.25) is 0 Å². The van der Waals surface area contributed by atoms with Gasteiger partial charge in [0.15, 0.2) is 6.61 Å². The van der Waals surface area contributed by atoms with Gasteiger partial charge >= 0.3 is 5.97 Å². The molecule has 0 radical (unpaired) electrons. The normalized spacial score (nSPS) is 14.0. The van der Waals surface area contributed by atoms with Gasteiger partial charge in [0, 0.05) is 41.4 Å². The number of esters is 1. The standard InChI is InChI=1S/C20H20BrClN2O4/c1-27-16-5-6-18(21)17(12-16)20(26)28-13-19(25)24-9-7-23(8-10-24)15-4-2-3-14(22)11-15/h2-6,11-12H,7-10,13H2,1H3. The summed E-state index contributed by atoms with van der Waals surface area (Å²) >= 11 is 9.35. The SMILES string of the molecule is COc1ccc(Br)c(C(=O)OCC(=O)N2CCN(c3cccc(Cl)c3)CC2)c1. The fourth-order valence-electron chi connectivity index (χ4n) is 2.97. The Morgan fingerprint density at radius 3 is 2.54 bits per heavy atom. The van der Waals surface area contributed by atoms with Gasteiger partial charge in [-0.15, -0.1) is 0 Å². The molecule has 8 heteroatoms. The highest BCUT2D eigenvalue weighted by Crippen LogP contribution is 2.23. The number of anilines is 1. The van der Waals surface area contributed by atoms with E-state index < -0.39 is 5.97 Å². The highest BCUT2D eigenvalue weighted by atomic mass is 79.9. The van der Waals surface area contributed by atoms with Crippen LogP contribution in [-0.4, -0.2) is 56.7 Å². The van der Waals surface area contributed by atoms with Crippen molar-refractivity contribution < 1.29 is 19.1 Å². The van der Waals surface area contributed by atoms with Gasteiger partial charge in [-0.05, 0) is 52.3 Å². The van der Waals surface area contributed by atoms with Crippen molar-refractivity contribution in [1.29, 1.82) is 0 Å². The average Bonchev–Trinajstić information content (AvgIpc) is 2.72. The van der Waals surface area contributed by atoms with Crippen molar-refractivity contribution in [1.82, 2.24) is 4.90 Å². The Hall–Kier alpha value is -2.25. The Kier molecular flexibility index (Phi) is 6.80. The van der Waals surface area contributed by atoms with Crippen LogP contribution < -0.4 is 9.64 Å². The maximum atomic E-state index is 12.4. The lowest BCUT2D eigenvalue weighted by atomic mass is 10.2. The molecule has 0 aromatic heterocycles. The first-order chi connectivity index (χ1) is 13.5. The van der Waals surface area contributed by atoms with E-state index in [1.165, 1.54) is 7.11 Å². The second-order valence-electron chi connectivity index (χ2n) is 6.27. The van der Waals surface area contributed by atoms with Gasteiger partial charge in [-0.2, -0.15) is 0 Å². The van der Waals surface area contributed by atoms with Gasteiger partial charge in [-0.3, -0.25) is 4.79 Å². The molecule has 2 aromatic rings. The quantitative estimate of drug-likeness (QED) is 0.629. The van der Waals surface area contributed by atoms with E-state index in [0.717, 1.165) is 5.69 Å². The second-order valence-corrected chi connectivity index (χ2v) is 7.56. The largest absolute Gasteiger partial charge is 0.497 e. The highest BCUT2D eigenvalue weighted by molar-refractivity contribution is 9.10. The Bertz CT molecular complexity index is 869. The van der Waals surface area contributed by atoms with Crippen molar-refractivity contribution >= 4 is 45.1 Å². The summed E-state index contributed by atoms with van der Waals surface area (Å²) < 4.78 is 10.9. The fourth-order valence-corrected chi connectivity index (χ4v) is 3.56. The number of carbonyl (C=O) groups is 2. The Morgan fingerprint density at radius 2 is 1.86 bits per heavy atom. The predicted molar refractivity (Wildman–Crippen MR) is 111 cm³/mol. The molecule has 0 atom stereocenters. The number of nitrogens with zero attached hydrogens (tertiary/aromatic N) is 2. The zero-order valence-electron chi connectivity index (χ0n) is 15.4. The molecule has 1 aliphatic heterocycles. The first-order valence-corrected chi connectivity index (χ1v) is 9.94. The molecule has 1 heterocycles. The number of methoxy groups -OCH3 is 1. The van der Waals surface area contributed by atoms with E-state index in [2.05, 4.69) is 20.8 Å². The van der Waals surface area contributed by atoms with Gasteiger partial charge in [0.05, 0.1) is 12.7 Å². The topological polar surface area (TPSA) is 59.1 Å². The molecular weight excluding hydrogens is 448 g/mol. The molecular formula is C20H20BrClN2O4. The summed E-state index contributed by atoms with van der Waals surface area (Å²) in [5.74, 6) is -0.242. The zero-order chi connectivity index (χ0) is 20.1. The van der Waals surface area contributed by atoms with Crippen LogP contribution in [-0.2, 0) is 9.53 Å². The Morgan fingerprint density at radius 1 is 1.11 bits per heavy atom. The number of hydrogen-bond acceptors (Lipinski definition) is 5. The molecule has 28 heavy (non-hydrogen) atoms. The first kappa shape index (κ1) is 20.5. The average molecular weight is 468 g/mol. The lowest BCUT2D eigenvalue weighted by Gasteiger charge is -2.36. The van der Waals surface area contributed by atoms with Gasteiger partial charge < -0.3 is 19.3 Å². The highest BCUT2D eigenvalue weighted by Gasteiger charge is 2.23. The van der Waals surface area contributed by atoms with Crippen LogP contribution in [0.5, 0.6) is 5.75 Å². The predicted octanol–water partition coefficient (Wildman–Crippen LogP) is 3.62. The minimum atomic E-state index is -0.573. The summed E-state index contributed by atoms with van der Waals surface area (Å²) in [6.07, 6.45) is 0. The Labute approximate surface area is 177 Å². The molecule has 6 nitrogen and oxygen atoms in total. The number of benzene rings is 2. The zero-order valence-corrected chi connectivity index (χ0v) is 17.7. The van der Waals surface area contributed by atoms with Crippen LogP contribution >= 0.6 is 27.5 Å². The molecule has 0 N–H and O–H groups in total. The second kappa shape index (κ2) is 9.30. The van der Waals surface area contributed by atoms with E-state index >= 15 is 0 Å². The van der Waals surface area contributed by atoms with E-state index in [4.69, 9.17) is 21.1 Å². The van der Waals surface area contributed by atoms with Gasteiger partial charge in [0.1, 0.15) is 5.75 Å². The maximum absolute atomic E-state index is 12.4. The number of piperazine rings is 1. The summed E-state index contributed by atoms with van der Waals surface area (Å²) in [6.45, 7) is 2.22. The number of ether oxygens (including phenoxy) is 2. The molecule has 0 aliphatic carbocycles. The van der Waals surface area contributed by atoms with Crippen LogP contribution in [0.25, 0.3) is 0 Å². The van der Waals surface area contributed by atoms with Crippen molar-refractivity contribution in [2.75, 3.05) is 44.8 Å². The van der Waals surface area contributed by atoms with E-state index in [0.29, 0.717) is 47.0 Å². The van der Waals surface area contributed by atoms with Gasteiger partial charge in [-0.25, -0.2) is 4.79 Å². The third kappa shape index (κ3) is 4.97. The van der Waals surface area contributed by atoms with Crippen LogP contribution in [0.2, 0.25) is 5.02 Å². The number of carbonyl (C=O) groups excluding carboxylic acids is 2. The lowest BCUT2D eigenvalue weighted by Crippen LogP contribution is -2.49. The number of hydrogen-bond donors (Lipinski definition) is 0. The van der Waals surface area contributed by atoms with Gasteiger partial charge in [0.25, 0.3) is 5.91 Å². The summed E-state index contributed by atoms with van der Waals surface area (Å²) in [6, 6.07) is 12.6. The van der Waals surface area contributed by atoms with Gasteiger partial charge in [-0.1, -0.05) is 17.7 Å². The summed E-state index contributed by atoms with van der Waals surface area (Å²) in [7, 11) is 1.52. The molecule has 0 spiro atoms. The Balaban J connectivity index is 1.51. The molecule has 0 saturated carbocycles. The molecule has 0 bridgehead atoms. The van der Waals surface area contributed by atoms with Crippen LogP contribution in [0.15, 0.2) is 46.9 Å². The fraction of sp³-hybridized carbons (Fsp3) is 0.300. The van der Waals surface area contributed by atoms with E-state index in [9.17, 15) is 9.59 Å². The third-order valence-electron chi connectivity index (χ3n) is 4.53. The van der Waals surface area contributed by atoms with E-state index in [1.807, 2.05) is 24.3 Å². The summed E-state index contributed by atoms with van der Waals surface area (Å²) in [5, 5.41) is 0.687. The molecule has 148 valence electrons. The first-order valence-electron chi connectivity index (χ1n) is 8.77. The van der Waals surface area contributed by atoms with Crippen molar-refractivity contribution in [2.24, 2.45) is 0 Å². The monoisotopic (exact) mass is 466 g/mol. The van der Waals surface area contributed by atoms with Crippen LogP contribution in [0.4, 0.5) is 5.69 Å². The molecule has 0 unspecified atom stereocenters. The summed E-state index contributed by atoms with van der Waals surface area (Å²) in [5.41, 5.74) is 1.35. The van der Waals surface area contributed by atoms with Crippen molar-refractivity contribution in [3.8, 4) is 5.75 Å². The van der Waals surface area contributed by atoms with E-state index in [-0.39, 0.29) is 12.5 Å². The van der Waals surface area contributed by atoms with Crippen molar-refractivity contribution in [2.45, 2.75) is 0 Å².